The molecule has 33 heavy (non-hydrogen) atoms. The van der Waals surface area contributed by atoms with Gasteiger partial charge in [-0.15, -0.1) is 12.4 Å². The summed E-state index contributed by atoms with van der Waals surface area (Å²) in [5.41, 5.74) is 3.75. The number of para-hydroxylation sites is 1. The summed E-state index contributed by atoms with van der Waals surface area (Å²) in [5, 5.41) is 11.9. The normalized spacial score (nSPS) is 26.5. The summed E-state index contributed by atoms with van der Waals surface area (Å²) < 4.78 is 0. The molecule has 1 heterocycles. The third kappa shape index (κ3) is 7.60. The first kappa shape index (κ1) is 27.9. The van der Waals surface area contributed by atoms with Gasteiger partial charge >= 0.3 is 5.97 Å². The first-order valence-corrected chi connectivity index (χ1v) is 12.4. The van der Waals surface area contributed by atoms with Crippen LogP contribution in [0.25, 0.3) is 0 Å². The van der Waals surface area contributed by atoms with E-state index in [0.717, 1.165) is 39.1 Å². The Balaban J connectivity index is 0.000000914. The third-order valence-electron chi connectivity index (χ3n) is 7.38. The molecule has 5 nitrogen and oxygen atoms in total. The molecule has 2 saturated carbocycles. The summed E-state index contributed by atoms with van der Waals surface area (Å²) in [4.78, 5) is 16.1. The van der Waals surface area contributed by atoms with Crippen LogP contribution in [-0.2, 0) is 4.79 Å². The molecular weight excluding hydrogens is 434 g/mol. The Morgan fingerprint density at radius 1 is 1.03 bits per heavy atom. The summed E-state index contributed by atoms with van der Waals surface area (Å²) in [7, 11) is 3.75. The molecule has 0 amide bonds. The minimum atomic E-state index is -0.610. The highest BCUT2D eigenvalue weighted by molar-refractivity contribution is 5.85. The highest BCUT2D eigenvalue weighted by atomic mass is 35.5. The Kier molecular flexibility index (Phi) is 9.67. The Morgan fingerprint density at radius 3 is 2.09 bits per heavy atom. The molecule has 188 valence electrons. The van der Waals surface area contributed by atoms with Gasteiger partial charge in [0.2, 0.25) is 0 Å². The summed E-state index contributed by atoms with van der Waals surface area (Å²) in [5.74, 6) is 0.302. The molecule has 0 radical (unpaired) electrons. The lowest BCUT2D eigenvalue weighted by molar-refractivity contribution is -0.138. The van der Waals surface area contributed by atoms with E-state index in [2.05, 4.69) is 67.1 Å². The molecule has 6 heteroatoms. The van der Waals surface area contributed by atoms with Gasteiger partial charge in [-0.05, 0) is 74.1 Å². The van der Waals surface area contributed by atoms with Crippen molar-refractivity contribution in [2.45, 2.75) is 59.3 Å². The highest BCUT2D eigenvalue weighted by Crippen LogP contribution is 2.53. The van der Waals surface area contributed by atoms with Crippen LogP contribution < -0.4 is 10.2 Å². The van der Waals surface area contributed by atoms with Crippen molar-refractivity contribution < 1.29 is 9.90 Å². The van der Waals surface area contributed by atoms with Gasteiger partial charge < -0.3 is 15.3 Å². The number of benzene rings is 1. The fourth-order valence-electron chi connectivity index (χ4n) is 6.44. The van der Waals surface area contributed by atoms with Crippen LogP contribution in [0.15, 0.2) is 24.3 Å². The second kappa shape index (κ2) is 11.4. The van der Waals surface area contributed by atoms with Crippen LogP contribution in [0.2, 0.25) is 0 Å². The average molecular weight is 480 g/mol. The van der Waals surface area contributed by atoms with Crippen molar-refractivity contribution in [1.29, 1.82) is 0 Å². The summed E-state index contributed by atoms with van der Waals surface area (Å²) in [6.45, 7) is 14.9. The minimum absolute atomic E-state index is 0. The number of nitrogens with one attached hydrogen (secondary N) is 1. The number of nitrogens with zero attached hydrogens (tertiary/aromatic N) is 2. The summed E-state index contributed by atoms with van der Waals surface area (Å²) in [6.07, 6.45) is 4.71. The van der Waals surface area contributed by atoms with Crippen molar-refractivity contribution in [3.63, 3.8) is 0 Å². The lowest BCUT2D eigenvalue weighted by Crippen LogP contribution is -2.47. The zero-order valence-corrected chi connectivity index (χ0v) is 22.4. The van der Waals surface area contributed by atoms with Crippen LogP contribution in [0, 0.1) is 22.7 Å². The number of carboxylic acid groups (broad SMARTS) is 1. The lowest BCUT2D eigenvalue weighted by atomic mass is 9.60. The van der Waals surface area contributed by atoms with Crippen molar-refractivity contribution in [2.75, 3.05) is 51.7 Å². The Morgan fingerprint density at radius 2 is 1.58 bits per heavy atom. The molecule has 1 saturated heterocycles. The van der Waals surface area contributed by atoms with Crippen LogP contribution in [-0.4, -0.2) is 62.8 Å². The molecule has 0 spiro atoms. The Bertz CT molecular complexity index is 758. The number of piperazine rings is 1. The predicted molar refractivity (Wildman–Crippen MR) is 141 cm³/mol. The molecule has 0 aromatic heterocycles. The Hall–Kier alpha value is -1.30. The molecule has 2 N–H and O–H groups in total. The van der Waals surface area contributed by atoms with Crippen LogP contribution in [0.4, 0.5) is 5.69 Å². The number of halogens is 1. The number of hydrogen-bond acceptors (Lipinski definition) is 4. The van der Waals surface area contributed by atoms with Gasteiger partial charge in [-0.2, -0.15) is 0 Å². The van der Waals surface area contributed by atoms with Crippen molar-refractivity contribution in [3.05, 3.63) is 29.8 Å². The first-order chi connectivity index (χ1) is 15.0. The topological polar surface area (TPSA) is 55.8 Å². The number of rotatable bonds is 5. The van der Waals surface area contributed by atoms with Gasteiger partial charge in [-0.3, -0.25) is 9.69 Å². The van der Waals surface area contributed by atoms with E-state index in [1.54, 1.807) is 0 Å². The number of carboxylic acids is 1. The second-order valence-corrected chi connectivity index (χ2v) is 11.9. The van der Waals surface area contributed by atoms with Crippen molar-refractivity contribution in [1.82, 2.24) is 10.2 Å². The molecule has 0 bridgehead atoms. The highest BCUT2D eigenvalue weighted by Gasteiger charge is 2.44. The number of anilines is 1. The molecule has 3 aliphatic rings. The molecule has 1 aromatic rings. The van der Waals surface area contributed by atoms with Gasteiger partial charge in [0, 0.05) is 38.4 Å². The maximum atomic E-state index is 11.1. The van der Waals surface area contributed by atoms with Crippen LogP contribution in [0.5, 0.6) is 0 Å². The SMILES string of the molecule is CC1(C)CC(c2ccccc2N2CCN(C[C@@H]3C[C@H]3C(=O)O)CC2)CC(C)(C)C1.CNC.Cl. The molecule has 0 unspecified atom stereocenters. The third-order valence-corrected chi connectivity index (χ3v) is 7.38. The quantitative estimate of drug-likeness (QED) is 0.614. The van der Waals surface area contributed by atoms with E-state index in [-0.39, 0.29) is 18.3 Å². The fraction of sp³-hybridized carbons (Fsp3) is 0.741. The van der Waals surface area contributed by atoms with E-state index >= 15 is 0 Å². The first-order valence-electron chi connectivity index (χ1n) is 12.4. The van der Waals surface area contributed by atoms with E-state index in [1.807, 2.05) is 14.1 Å². The monoisotopic (exact) mass is 479 g/mol. The van der Waals surface area contributed by atoms with E-state index in [0.29, 0.717) is 22.7 Å². The van der Waals surface area contributed by atoms with Gasteiger partial charge in [0.15, 0.2) is 0 Å². The average Bonchev–Trinajstić information content (AvgIpc) is 3.46. The molecule has 3 fully saturated rings. The van der Waals surface area contributed by atoms with Crippen molar-refractivity contribution in [2.24, 2.45) is 22.7 Å². The second-order valence-electron chi connectivity index (χ2n) is 11.9. The number of hydrogen-bond donors (Lipinski definition) is 2. The van der Waals surface area contributed by atoms with Crippen molar-refractivity contribution >= 4 is 24.1 Å². The molecule has 1 aromatic carbocycles. The number of aliphatic carboxylic acids is 1. The number of carbonyl (C=O) groups is 1. The fourth-order valence-corrected chi connectivity index (χ4v) is 6.44. The summed E-state index contributed by atoms with van der Waals surface area (Å²) in [6, 6.07) is 9.08. The zero-order chi connectivity index (χ0) is 23.5. The van der Waals surface area contributed by atoms with Crippen LogP contribution in [0.1, 0.15) is 64.9 Å². The molecular formula is C27H46ClN3O2. The molecule has 4 rings (SSSR count). The largest absolute Gasteiger partial charge is 0.481 e. The maximum Gasteiger partial charge on any atom is 0.306 e. The van der Waals surface area contributed by atoms with E-state index in [1.165, 1.54) is 30.5 Å². The standard InChI is InChI=1S/C25H38N2O2.C2H7N.ClH/c1-24(2)14-19(15-25(3,4)17-24)20-7-5-6-8-22(20)27-11-9-26(10-12-27)16-18-13-21(18)23(28)29;1-3-2;/h5-8,18-19,21H,9-17H2,1-4H3,(H,28,29);3H,1-2H3;1H/t18-,21+;;/m0../s1. The molecule has 2 atom stereocenters. The lowest BCUT2D eigenvalue weighted by Gasteiger charge is -2.46. The van der Waals surface area contributed by atoms with E-state index < -0.39 is 5.97 Å². The Labute approximate surface area is 207 Å². The van der Waals surface area contributed by atoms with Gasteiger partial charge in [0.1, 0.15) is 0 Å². The minimum Gasteiger partial charge on any atom is -0.481 e. The van der Waals surface area contributed by atoms with E-state index in [9.17, 15) is 4.79 Å². The van der Waals surface area contributed by atoms with Crippen LogP contribution in [0.3, 0.4) is 0 Å². The maximum absolute atomic E-state index is 11.1. The van der Waals surface area contributed by atoms with Crippen LogP contribution >= 0.6 is 12.4 Å². The predicted octanol–water partition coefficient (Wildman–Crippen LogP) is 5.11. The van der Waals surface area contributed by atoms with Gasteiger partial charge in [-0.25, -0.2) is 0 Å². The molecule has 2 aliphatic carbocycles. The van der Waals surface area contributed by atoms with Gasteiger partial charge in [0.05, 0.1) is 5.92 Å². The zero-order valence-electron chi connectivity index (χ0n) is 21.6. The van der Waals surface area contributed by atoms with Gasteiger partial charge in [-0.1, -0.05) is 45.9 Å². The summed E-state index contributed by atoms with van der Waals surface area (Å²) >= 11 is 0. The smallest absolute Gasteiger partial charge is 0.306 e. The van der Waals surface area contributed by atoms with Crippen molar-refractivity contribution in [3.8, 4) is 0 Å². The van der Waals surface area contributed by atoms with E-state index in [4.69, 9.17) is 5.11 Å². The molecule has 1 aliphatic heterocycles. The van der Waals surface area contributed by atoms with Gasteiger partial charge in [0.25, 0.3) is 0 Å².